The van der Waals surface area contributed by atoms with Crippen molar-refractivity contribution in [2.24, 2.45) is 7.05 Å². The van der Waals surface area contributed by atoms with E-state index in [9.17, 15) is 4.79 Å². The van der Waals surface area contributed by atoms with Crippen LogP contribution in [0.1, 0.15) is 41.1 Å². The first kappa shape index (κ1) is 11.9. The van der Waals surface area contributed by atoms with Crippen molar-refractivity contribution in [1.29, 1.82) is 0 Å². The molecule has 7 heteroatoms. The molecule has 1 saturated heterocycles. The average molecular weight is 261 g/mol. The second-order valence-corrected chi connectivity index (χ2v) is 4.71. The van der Waals surface area contributed by atoms with E-state index in [2.05, 4.69) is 15.2 Å². The fourth-order valence-corrected chi connectivity index (χ4v) is 2.39. The molecule has 19 heavy (non-hydrogen) atoms. The van der Waals surface area contributed by atoms with Crippen LogP contribution in [0.4, 0.5) is 0 Å². The molecule has 1 amide bonds. The third kappa shape index (κ3) is 2.11. The first-order chi connectivity index (χ1) is 9.15. The zero-order valence-electron chi connectivity index (χ0n) is 10.9. The lowest BCUT2D eigenvalue weighted by Gasteiger charge is -2.20. The Hall–Kier alpha value is -2.18. The molecule has 0 spiro atoms. The molecule has 0 saturated carbocycles. The van der Waals surface area contributed by atoms with Gasteiger partial charge in [0.1, 0.15) is 11.7 Å². The van der Waals surface area contributed by atoms with Gasteiger partial charge in [-0.05, 0) is 25.8 Å². The lowest BCUT2D eigenvalue weighted by molar-refractivity contribution is 0.0703. The summed E-state index contributed by atoms with van der Waals surface area (Å²) in [5.74, 6) is 1.02. The summed E-state index contributed by atoms with van der Waals surface area (Å²) >= 11 is 0. The number of likely N-dealkylation sites (tertiary alicyclic amines) is 1. The van der Waals surface area contributed by atoms with Gasteiger partial charge in [-0.3, -0.25) is 9.48 Å². The van der Waals surface area contributed by atoms with Crippen LogP contribution in [0.3, 0.4) is 0 Å². The van der Waals surface area contributed by atoms with Crippen molar-refractivity contribution in [3.63, 3.8) is 0 Å². The van der Waals surface area contributed by atoms with Crippen LogP contribution in [0.15, 0.2) is 16.8 Å². The largest absolute Gasteiger partial charge is 0.337 e. The first-order valence-corrected chi connectivity index (χ1v) is 6.26. The van der Waals surface area contributed by atoms with Crippen LogP contribution in [0.2, 0.25) is 0 Å². The monoisotopic (exact) mass is 261 g/mol. The van der Waals surface area contributed by atoms with Crippen molar-refractivity contribution >= 4 is 5.91 Å². The van der Waals surface area contributed by atoms with E-state index in [0.29, 0.717) is 24.0 Å². The zero-order chi connectivity index (χ0) is 13.4. The summed E-state index contributed by atoms with van der Waals surface area (Å²) in [6.45, 7) is 2.47. The Morgan fingerprint density at radius 1 is 1.53 bits per heavy atom. The molecule has 0 radical (unpaired) electrons. The summed E-state index contributed by atoms with van der Waals surface area (Å²) in [7, 11) is 1.79. The summed E-state index contributed by atoms with van der Waals surface area (Å²) in [6.07, 6.45) is 3.54. The molecule has 1 atom stereocenters. The van der Waals surface area contributed by atoms with Crippen molar-refractivity contribution < 1.29 is 9.32 Å². The Balaban J connectivity index is 1.85. The first-order valence-electron chi connectivity index (χ1n) is 6.26. The molecule has 0 aromatic carbocycles. The maximum atomic E-state index is 12.4. The normalized spacial score (nSPS) is 19.1. The highest BCUT2D eigenvalue weighted by molar-refractivity contribution is 5.92. The molecule has 100 valence electrons. The van der Waals surface area contributed by atoms with Crippen LogP contribution < -0.4 is 0 Å². The van der Waals surface area contributed by atoms with Crippen molar-refractivity contribution in [1.82, 2.24) is 24.8 Å². The van der Waals surface area contributed by atoms with Crippen LogP contribution in [-0.2, 0) is 7.05 Å². The molecule has 0 N–H and O–H groups in total. The minimum atomic E-state index is -0.129. The van der Waals surface area contributed by atoms with E-state index < -0.39 is 0 Å². The molecule has 3 rings (SSSR count). The fraction of sp³-hybridized carbons (Fsp3) is 0.500. The van der Waals surface area contributed by atoms with Crippen LogP contribution in [-0.4, -0.2) is 37.3 Å². The number of carbonyl (C=O) groups is 1. The van der Waals surface area contributed by atoms with E-state index in [-0.39, 0.29) is 11.9 Å². The lowest BCUT2D eigenvalue weighted by Crippen LogP contribution is -2.31. The molecule has 0 aliphatic carbocycles. The van der Waals surface area contributed by atoms with Gasteiger partial charge in [-0.2, -0.15) is 10.1 Å². The Morgan fingerprint density at radius 3 is 3.00 bits per heavy atom. The minimum Gasteiger partial charge on any atom is -0.337 e. The molecule has 3 heterocycles. The number of hydrogen-bond acceptors (Lipinski definition) is 5. The highest BCUT2D eigenvalue weighted by Crippen LogP contribution is 2.31. The van der Waals surface area contributed by atoms with Gasteiger partial charge in [-0.1, -0.05) is 5.16 Å². The molecule has 2 aromatic rings. The average Bonchev–Trinajstić information content (AvgIpc) is 3.07. The second kappa shape index (κ2) is 4.49. The highest BCUT2D eigenvalue weighted by atomic mass is 16.5. The molecular weight excluding hydrogens is 246 g/mol. The van der Waals surface area contributed by atoms with Gasteiger partial charge in [0, 0.05) is 19.8 Å². The van der Waals surface area contributed by atoms with Crippen LogP contribution >= 0.6 is 0 Å². The van der Waals surface area contributed by atoms with E-state index in [0.717, 1.165) is 12.8 Å². The smallest absolute Gasteiger partial charge is 0.275 e. The topological polar surface area (TPSA) is 77.0 Å². The van der Waals surface area contributed by atoms with E-state index in [1.807, 2.05) is 0 Å². The number of carbonyl (C=O) groups excluding carboxylic acids is 1. The molecule has 7 nitrogen and oxygen atoms in total. The van der Waals surface area contributed by atoms with E-state index >= 15 is 0 Å². The number of aryl methyl sites for hydroxylation is 2. The Morgan fingerprint density at radius 2 is 2.37 bits per heavy atom. The van der Waals surface area contributed by atoms with E-state index in [4.69, 9.17) is 4.52 Å². The number of rotatable bonds is 2. The van der Waals surface area contributed by atoms with Gasteiger partial charge in [0.15, 0.2) is 5.82 Å². The molecule has 0 bridgehead atoms. The van der Waals surface area contributed by atoms with E-state index in [1.54, 1.807) is 35.8 Å². The van der Waals surface area contributed by atoms with Crippen LogP contribution in [0, 0.1) is 6.92 Å². The Bertz CT molecular complexity index is 603. The van der Waals surface area contributed by atoms with Gasteiger partial charge in [0.25, 0.3) is 5.91 Å². The molecular formula is C12H15N5O2. The third-order valence-corrected chi connectivity index (χ3v) is 3.27. The van der Waals surface area contributed by atoms with Crippen LogP contribution in [0.25, 0.3) is 0 Å². The quantitative estimate of drug-likeness (QED) is 0.808. The summed E-state index contributed by atoms with van der Waals surface area (Å²) in [4.78, 5) is 18.4. The molecule has 1 fully saturated rings. The van der Waals surface area contributed by atoms with Gasteiger partial charge in [0.2, 0.25) is 5.89 Å². The minimum absolute atomic E-state index is 0.0843. The predicted octanol–water partition coefficient (Wildman–Crippen LogP) is 1.09. The van der Waals surface area contributed by atoms with Crippen molar-refractivity contribution in [3.8, 4) is 0 Å². The maximum absolute atomic E-state index is 12.4. The molecule has 2 aromatic heterocycles. The number of nitrogens with zero attached hydrogens (tertiary/aromatic N) is 5. The van der Waals surface area contributed by atoms with E-state index in [1.165, 1.54) is 0 Å². The molecule has 0 unspecified atom stereocenters. The number of aromatic nitrogens is 4. The maximum Gasteiger partial charge on any atom is 0.275 e. The van der Waals surface area contributed by atoms with Crippen LogP contribution in [0.5, 0.6) is 0 Å². The lowest BCUT2D eigenvalue weighted by atomic mass is 10.2. The van der Waals surface area contributed by atoms with Crippen molar-refractivity contribution in [3.05, 3.63) is 29.7 Å². The van der Waals surface area contributed by atoms with Gasteiger partial charge in [0.05, 0.1) is 0 Å². The van der Waals surface area contributed by atoms with Crippen molar-refractivity contribution in [2.75, 3.05) is 6.54 Å². The van der Waals surface area contributed by atoms with Crippen molar-refractivity contribution in [2.45, 2.75) is 25.8 Å². The summed E-state index contributed by atoms with van der Waals surface area (Å²) in [6, 6.07) is 1.59. The SMILES string of the molecule is Cc1noc([C@@H]2CCCN2C(=O)c2ccn(C)n2)n1. The molecule has 1 aliphatic rings. The van der Waals surface area contributed by atoms with Gasteiger partial charge < -0.3 is 9.42 Å². The molecule has 1 aliphatic heterocycles. The Labute approximate surface area is 110 Å². The number of amides is 1. The zero-order valence-corrected chi connectivity index (χ0v) is 10.9. The standard InChI is InChI=1S/C12H15N5O2/c1-8-13-11(19-15-8)10-4-3-6-17(10)12(18)9-5-7-16(2)14-9/h5,7,10H,3-4,6H2,1-2H3/t10-/m0/s1. The third-order valence-electron chi connectivity index (χ3n) is 3.27. The number of hydrogen-bond donors (Lipinski definition) is 0. The van der Waals surface area contributed by atoms with Gasteiger partial charge in [-0.15, -0.1) is 0 Å². The summed E-state index contributed by atoms with van der Waals surface area (Å²) < 4.78 is 6.81. The fourth-order valence-electron chi connectivity index (χ4n) is 2.39. The second-order valence-electron chi connectivity index (χ2n) is 4.71. The summed E-state index contributed by atoms with van der Waals surface area (Å²) in [5.41, 5.74) is 0.450. The highest BCUT2D eigenvalue weighted by Gasteiger charge is 2.35. The predicted molar refractivity (Wildman–Crippen MR) is 65.3 cm³/mol. The van der Waals surface area contributed by atoms with Gasteiger partial charge >= 0.3 is 0 Å². The Kier molecular flexibility index (Phi) is 2.81. The summed E-state index contributed by atoms with van der Waals surface area (Å²) in [5, 5.41) is 7.94. The van der Waals surface area contributed by atoms with Gasteiger partial charge in [-0.25, -0.2) is 0 Å².